The van der Waals surface area contributed by atoms with Crippen LogP contribution in [0, 0.1) is 5.92 Å². The molecule has 1 aromatic carbocycles. The second-order valence-corrected chi connectivity index (χ2v) is 8.93. The lowest BCUT2D eigenvalue weighted by Gasteiger charge is -2.33. The largest absolute Gasteiger partial charge is 0.433 e. The Morgan fingerprint density at radius 2 is 1.97 bits per heavy atom. The lowest BCUT2D eigenvalue weighted by molar-refractivity contribution is -0.141. The fourth-order valence-corrected chi connectivity index (χ4v) is 4.27. The number of rotatable bonds is 5. The number of nitrogens with zero attached hydrogens (tertiary/aromatic N) is 2. The van der Waals surface area contributed by atoms with E-state index in [1.54, 1.807) is 19.1 Å². The molecule has 3 heterocycles. The summed E-state index contributed by atoms with van der Waals surface area (Å²) in [7, 11) is 0. The predicted molar refractivity (Wildman–Crippen MR) is 119 cm³/mol. The second-order valence-electron chi connectivity index (χ2n) is 8.93. The highest BCUT2D eigenvalue weighted by atomic mass is 19.4. The molecule has 2 aliphatic rings. The smallest absolute Gasteiger partial charge is 0.356 e. The van der Waals surface area contributed by atoms with Gasteiger partial charge in [-0.15, -0.1) is 0 Å². The molecule has 1 unspecified atom stereocenters. The number of anilines is 2. The van der Waals surface area contributed by atoms with Crippen LogP contribution in [-0.4, -0.2) is 29.9 Å². The van der Waals surface area contributed by atoms with Gasteiger partial charge in [0.05, 0.1) is 12.3 Å². The van der Waals surface area contributed by atoms with Crippen molar-refractivity contribution in [3.8, 4) is 0 Å². The van der Waals surface area contributed by atoms with Gasteiger partial charge in [0, 0.05) is 30.9 Å². The van der Waals surface area contributed by atoms with E-state index < -0.39 is 17.8 Å². The van der Waals surface area contributed by atoms with Gasteiger partial charge in [-0.25, -0.2) is 4.98 Å². The first-order chi connectivity index (χ1) is 15.6. The van der Waals surface area contributed by atoms with E-state index in [2.05, 4.69) is 22.5 Å². The number of halogens is 3. The van der Waals surface area contributed by atoms with Gasteiger partial charge in [0.25, 0.3) is 0 Å². The average Bonchev–Trinajstić information content (AvgIpc) is 3.16. The lowest BCUT2D eigenvalue weighted by atomic mass is 9.97. The molecule has 1 atom stereocenters. The minimum Gasteiger partial charge on any atom is -0.356 e. The Kier molecular flexibility index (Phi) is 6.32. The first kappa shape index (κ1) is 23.1. The van der Waals surface area contributed by atoms with Crippen LogP contribution >= 0.6 is 0 Å². The van der Waals surface area contributed by atoms with E-state index in [4.69, 9.17) is 0 Å². The van der Waals surface area contributed by atoms with Gasteiger partial charge in [0.2, 0.25) is 11.8 Å². The number of piperidine rings is 1. The van der Waals surface area contributed by atoms with Gasteiger partial charge in [-0.1, -0.05) is 25.1 Å². The molecular weight excluding hydrogens is 433 g/mol. The predicted octanol–water partition coefficient (Wildman–Crippen LogP) is 4.25. The Bertz CT molecular complexity index is 1060. The summed E-state index contributed by atoms with van der Waals surface area (Å²) < 4.78 is 39.8. The monoisotopic (exact) mass is 460 g/mol. The molecule has 33 heavy (non-hydrogen) atoms. The van der Waals surface area contributed by atoms with Crippen LogP contribution < -0.4 is 15.5 Å². The van der Waals surface area contributed by atoms with Crippen molar-refractivity contribution in [1.82, 2.24) is 10.3 Å². The summed E-state index contributed by atoms with van der Waals surface area (Å²) in [6, 6.07) is 7.80. The summed E-state index contributed by atoms with van der Waals surface area (Å²) in [5, 5.41) is 5.61. The highest BCUT2D eigenvalue weighted by Crippen LogP contribution is 2.32. The highest BCUT2D eigenvalue weighted by molar-refractivity contribution is 5.99. The molecule has 0 spiro atoms. The number of carbonyl (C=O) groups is 2. The third-order valence-electron chi connectivity index (χ3n) is 6.43. The first-order valence-electron chi connectivity index (χ1n) is 11.1. The maximum Gasteiger partial charge on any atom is 0.433 e. The molecule has 2 aliphatic heterocycles. The van der Waals surface area contributed by atoms with Crippen LogP contribution in [0.15, 0.2) is 30.3 Å². The molecule has 9 heteroatoms. The van der Waals surface area contributed by atoms with Crippen molar-refractivity contribution in [3.05, 3.63) is 52.7 Å². The van der Waals surface area contributed by atoms with Crippen molar-refractivity contribution < 1.29 is 22.8 Å². The Morgan fingerprint density at radius 1 is 1.24 bits per heavy atom. The van der Waals surface area contributed by atoms with Crippen molar-refractivity contribution in [3.63, 3.8) is 0 Å². The fraction of sp³-hybridized carbons (Fsp3) is 0.458. The van der Waals surface area contributed by atoms with Crippen molar-refractivity contribution >= 4 is 23.3 Å². The number of hydrogen-bond acceptors (Lipinski definition) is 4. The number of amides is 2. The van der Waals surface area contributed by atoms with Gasteiger partial charge in [0.1, 0.15) is 11.5 Å². The zero-order chi connectivity index (χ0) is 23.8. The number of aromatic nitrogens is 1. The normalized spacial score (nSPS) is 17.5. The van der Waals surface area contributed by atoms with Gasteiger partial charge in [-0.3, -0.25) is 9.59 Å². The number of benzene rings is 1. The van der Waals surface area contributed by atoms with Crippen molar-refractivity contribution in [2.24, 2.45) is 5.92 Å². The van der Waals surface area contributed by atoms with E-state index in [1.807, 2.05) is 11.0 Å². The van der Waals surface area contributed by atoms with Crippen LogP contribution in [0.2, 0.25) is 0 Å². The molecule has 176 valence electrons. The topological polar surface area (TPSA) is 74.3 Å². The van der Waals surface area contributed by atoms with Crippen LogP contribution in [-0.2, 0) is 28.7 Å². The van der Waals surface area contributed by atoms with E-state index in [9.17, 15) is 22.8 Å². The average molecular weight is 461 g/mol. The van der Waals surface area contributed by atoms with Crippen molar-refractivity contribution in [2.75, 3.05) is 23.3 Å². The lowest BCUT2D eigenvalue weighted by Crippen LogP contribution is -2.35. The second kappa shape index (κ2) is 9.03. The van der Waals surface area contributed by atoms with Crippen molar-refractivity contribution in [1.29, 1.82) is 0 Å². The summed E-state index contributed by atoms with van der Waals surface area (Å²) >= 11 is 0. The number of carbonyl (C=O) groups excluding carboxylic acids is 2. The quantitative estimate of drug-likeness (QED) is 0.700. The van der Waals surface area contributed by atoms with E-state index in [0.717, 1.165) is 35.7 Å². The van der Waals surface area contributed by atoms with Crippen LogP contribution in [0.5, 0.6) is 0 Å². The number of fused-ring (bicyclic) bond motifs is 1. The van der Waals surface area contributed by atoms with E-state index >= 15 is 0 Å². The molecule has 2 N–H and O–H groups in total. The van der Waals surface area contributed by atoms with Gasteiger partial charge >= 0.3 is 6.18 Å². The van der Waals surface area contributed by atoms with Crippen LogP contribution in [0.25, 0.3) is 0 Å². The molecule has 1 saturated heterocycles. The molecule has 0 radical (unpaired) electrons. The van der Waals surface area contributed by atoms with E-state index in [0.29, 0.717) is 24.6 Å². The third-order valence-corrected chi connectivity index (χ3v) is 6.43. The standard InChI is InChI=1S/C24H27F3N4O2/c1-14-7-9-31(10-8-14)22-17(4-6-20(30-22)24(25,26)27)13-28-23(33)15(2)16-3-5-19-18(11-16)12-21(32)29-19/h3-6,11,14-15H,7-10,12-13H2,1-2H3,(H,28,33)(H,29,32). The number of alkyl halides is 3. The Morgan fingerprint density at radius 3 is 2.67 bits per heavy atom. The minimum absolute atomic E-state index is 0.0753. The Hall–Kier alpha value is -3.10. The summed E-state index contributed by atoms with van der Waals surface area (Å²) in [6.07, 6.45) is -2.47. The van der Waals surface area contributed by atoms with Crippen molar-refractivity contribution in [2.45, 2.75) is 51.7 Å². The Labute approximate surface area is 190 Å². The fourth-order valence-electron chi connectivity index (χ4n) is 4.27. The molecule has 1 fully saturated rings. The zero-order valence-electron chi connectivity index (χ0n) is 18.6. The third kappa shape index (κ3) is 5.12. The highest BCUT2D eigenvalue weighted by Gasteiger charge is 2.34. The molecule has 2 aromatic rings. The van der Waals surface area contributed by atoms with Gasteiger partial charge in [0.15, 0.2) is 0 Å². The molecule has 6 nitrogen and oxygen atoms in total. The number of pyridine rings is 1. The summed E-state index contributed by atoms with van der Waals surface area (Å²) in [6.45, 7) is 5.24. The first-order valence-corrected chi connectivity index (χ1v) is 11.1. The summed E-state index contributed by atoms with van der Waals surface area (Å²) in [5.41, 5.74) is 2.01. The molecule has 0 aliphatic carbocycles. The van der Waals surface area contributed by atoms with Crippen LogP contribution in [0.3, 0.4) is 0 Å². The van der Waals surface area contributed by atoms with E-state index in [-0.39, 0.29) is 30.6 Å². The molecule has 2 amide bonds. The molecular formula is C24H27F3N4O2. The number of hydrogen-bond donors (Lipinski definition) is 2. The van der Waals surface area contributed by atoms with Crippen LogP contribution in [0.1, 0.15) is 55.0 Å². The Balaban J connectivity index is 1.49. The van der Waals surface area contributed by atoms with Crippen LogP contribution in [0.4, 0.5) is 24.7 Å². The SMILES string of the molecule is CC1CCN(c2nc(C(F)(F)F)ccc2CNC(=O)C(C)c2ccc3c(c2)CC(=O)N3)CC1. The summed E-state index contributed by atoms with van der Waals surface area (Å²) in [4.78, 5) is 30.2. The van der Waals surface area contributed by atoms with E-state index in [1.165, 1.54) is 6.07 Å². The maximum absolute atomic E-state index is 13.3. The van der Waals surface area contributed by atoms with Gasteiger partial charge in [-0.2, -0.15) is 13.2 Å². The maximum atomic E-state index is 13.3. The molecule has 0 saturated carbocycles. The van der Waals surface area contributed by atoms with Gasteiger partial charge in [-0.05, 0) is 48.9 Å². The number of nitrogens with one attached hydrogen (secondary N) is 2. The minimum atomic E-state index is -4.53. The van der Waals surface area contributed by atoms with Gasteiger partial charge < -0.3 is 15.5 Å². The molecule has 1 aromatic heterocycles. The zero-order valence-corrected chi connectivity index (χ0v) is 18.6. The molecule has 4 rings (SSSR count). The summed E-state index contributed by atoms with van der Waals surface area (Å²) in [5.74, 6) is 0.00685. The molecule has 0 bridgehead atoms.